The molecule has 22 heavy (non-hydrogen) atoms. The van der Waals surface area contributed by atoms with E-state index in [9.17, 15) is 56.6 Å². The Morgan fingerprint density at radius 1 is 0.773 bits per heavy atom. The van der Waals surface area contributed by atoms with E-state index in [-0.39, 0.29) is 25.9 Å². The van der Waals surface area contributed by atoms with Crippen molar-refractivity contribution < 1.29 is 82.0 Å². The largest absolute Gasteiger partial charge is 1.00 e. The van der Waals surface area contributed by atoms with Gasteiger partial charge in [0.25, 0.3) is 0 Å². The van der Waals surface area contributed by atoms with Gasteiger partial charge in [-0.15, -0.1) is 0 Å². The number of aliphatic carboxylic acids is 1. The standard InChI is InChI=1S/C4H6O2.3BF4.Li.H/c1-3(2)4(5)6;3*2-1(3,4)5;;/h1H2,2H3,(H,5,6);;;;;/q;3*-1;+1;-1. The third kappa shape index (κ3) is 632. The van der Waals surface area contributed by atoms with Gasteiger partial charge >= 0.3 is 46.6 Å². The van der Waals surface area contributed by atoms with Crippen molar-refractivity contribution in [3.63, 3.8) is 0 Å². The zero-order valence-corrected chi connectivity index (χ0v) is 10.8. The minimum atomic E-state index is -6.00. The molecule has 0 radical (unpaired) electrons. The second-order valence-electron chi connectivity index (χ2n) is 2.57. The average molecular weight is 354 g/mol. The minimum Gasteiger partial charge on any atom is -1.00 e. The van der Waals surface area contributed by atoms with Gasteiger partial charge in [-0.25, -0.2) is 4.79 Å². The van der Waals surface area contributed by atoms with Crippen LogP contribution in [0.1, 0.15) is 8.35 Å². The Bertz CT molecular complexity index is 246. The first-order chi connectivity index (χ1) is 8.64. The Kier molecular flexibility index (Phi) is 20.7. The number of carbonyl (C=O) groups is 1. The number of carboxylic acids is 1. The molecule has 0 aliphatic rings. The summed E-state index contributed by atoms with van der Waals surface area (Å²) >= 11 is 0. The Hall–Kier alpha value is -0.838. The molecule has 0 heterocycles. The predicted molar refractivity (Wildman–Crippen MR) is 54.1 cm³/mol. The summed E-state index contributed by atoms with van der Waals surface area (Å²) in [5.74, 6) is -0.935. The van der Waals surface area contributed by atoms with Crippen LogP contribution in [0.3, 0.4) is 0 Å². The third-order valence-corrected chi connectivity index (χ3v) is 0.365. The van der Waals surface area contributed by atoms with Crippen LogP contribution in [0.5, 0.6) is 0 Å². The van der Waals surface area contributed by atoms with Gasteiger partial charge in [-0.2, -0.15) is 0 Å². The first-order valence-electron chi connectivity index (χ1n) is 4.15. The number of rotatable bonds is 1. The molecule has 0 fully saturated rings. The van der Waals surface area contributed by atoms with Crippen molar-refractivity contribution in [2.75, 3.05) is 0 Å². The Balaban J connectivity index is -0.0000000408. The third-order valence-electron chi connectivity index (χ3n) is 0.365. The molecule has 0 unspecified atom stereocenters. The van der Waals surface area contributed by atoms with Gasteiger partial charge in [-0.1, -0.05) is 6.58 Å². The normalized spacial score (nSPS) is 10.2. The molecule has 132 valence electrons. The van der Waals surface area contributed by atoms with Gasteiger partial charge in [-0.3, -0.25) is 0 Å². The maximum Gasteiger partial charge on any atom is 1.00 e. The summed E-state index contributed by atoms with van der Waals surface area (Å²) in [6.07, 6.45) is 0. The molecular weight excluding hydrogens is 347 g/mol. The minimum absolute atomic E-state index is 0. The van der Waals surface area contributed by atoms with E-state index in [1.54, 1.807) is 0 Å². The van der Waals surface area contributed by atoms with Crippen molar-refractivity contribution in [3.8, 4) is 0 Å². The van der Waals surface area contributed by atoms with E-state index < -0.39 is 27.7 Å². The molecule has 0 spiro atoms. The topological polar surface area (TPSA) is 37.3 Å². The fraction of sp³-hybridized carbons (Fsp3) is 0.250. The van der Waals surface area contributed by atoms with Crippen LogP contribution in [-0.2, 0) is 4.79 Å². The van der Waals surface area contributed by atoms with Crippen LogP contribution in [0, 0.1) is 0 Å². The van der Waals surface area contributed by atoms with Gasteiger partial charge in [0.1, 0.15) is 0 Å². The summed E-state index contributed by atoms with van der Waals surface area (Å²) in [6.45, 7) is 4.60. The summed E-state index contributed by atoms with van der Waals surface area (Å²) < 4.78 is 117. The van der Waals surface area contributed by atoms with Gasteiger partial charge in [-0.05, 0) is 6.92 Å². The average Bonchev–Trinajstić information content (AvgIpc) is 1.92. The van der Waals surface area contributed by atoms with E-state index in [2.05, 4.69) is 6.58 Å². The maximum atomic E-state index is 9.75. The van der Waals surface area contributed by atoms with Gasteiger partial charge in [0.05, 0.1) is 0 Å². The molecule has 0 aromatic heterocycles. The van der Waals surface area contributed by atoms with Gasteiger partial charge in [0.15, 0.2) is 0 Å². The summed E-state index contributed by atoms with van der Waals surface area (Å²) in [4.78, 5) is 9.60. The summed E-state index contributed by atoms with van der Waals surface area (Å²) in [5.41, 5.74) is 0.176. The number of hydrogen-bond acceptors (Lipinski definition) is 1. The monoisotopic (exact) mass is 355 g/mol. The molecule has 0 amide bonds. The molecule has 0 bridgehead atoms. The molecule has 0 aromatic rings. The Labute approximate surface area is 129 Å². The van der Waals surface area contributed by atoms with Crippen LogP contribution in [0.4, 0.5) is 51.8 Å². The zero-order chi connectivity index (χ0) is 18.7. The van der Waals surface area contributed by atoms with Crippen molar-refractivity contribution >= 4 is 27.7 Å². The van der Waals surface area contributed by atoms with Crippen LogP contribution >= 0.6 is 0 Å². The molecule has 2 nitrogen and oxygen atoms in total. The van der Waals surface area contributed by atoms with Gasteiger partial charge in [0.2, 0.25) is 0 Å². The number of carboxylic acid groups (broad SMARTS) is 1. The van der Waals surface area contributed by atoms with Crippen molar-refractivity contribution in [2.24, 2.45) is 0 Å². The Morgan fingerprint density at radius 2 is 0.818 bits per heavy atom. The summed E-state index contributed by atoms with van der Waals surface area (Å²) in [7, 11) is -18.0. The van der Waals surface area contributed by atoms with Gasteiger partial charge < -0.3 is 58.3 Å². The molecule has 0 saturated heterocycles. The Morgan fingerprint density at radius 3 is 0.818 bits per heavy atom. The quantitative estimate of drug-likeness (QED) is 0.442. The second kappa shape index (κ2) is 13.8. The fourth-order valence-electron chi connectivity index (χ4n) is 0. The van der Waals surface area contributed by atoms with Crippen LogP contribution in [0.15, 0.2) is 12.2 Å². The van der Waals surface area contributed by atoms with Gasteiger partial charge in [0, 0.05) is 5.57 Å². The van der Waals surface area contributed by atoms with Crippen molar-refractivity contribution in [3.05, 3.63) is 12.2 Å². The fourth-order valence-corrected chi connectivity index (χ4v) is 0. The van der Waals surface area contributed by atoms with Crippen LogP contribution < -0.4 is 18.9 Å². The summed E-state index contributed by atoms with van der Waals surface area (Å²) in [6, 6.07) is 0. The molecule has 18 heteroatoms. The van der Waals surface area contributed by atoms with E-state index in [1.807, 2.05) is 0 Å². The van der Waals surface area contributed by atoms with Crippen molar-refractivity contribution in [2.45, 2.75) is 6.92 Å². The maximum absolute atomic E-state index is 9.75. The molecule has 1 N–H and O–H groups in total. The molecule has 0 aromatic carbocycles. The molecule has 0 aliphatic carbocycles. The first-order valence-corrected chi connectivity index (χ1v) is 4.15. The van der Waals surface area contributed by atoms with Crippen molar-refractivity contribution in [1.29, 1.82) is 0 Å². The van der Waals surface area contributed by atoms with Crippen LogP contribution in [0.2, 0.25) is 0 Å². The molecular formula is C4H7B3F12LiO2-3. The second-order valence-corrected chi connectivity index (χ2v) is 2.57. The molecule has 0 aliphatic heterocycles. The number of halogens is 12. The van der Waals surface area contributed by atoms with E-state index >= 15 is 0 Å². The first kappa shape index (κ1) is 32.9. The SMILES string of the molecule is C=C(C)C(=O)O.F[B-](F)(F)F.F[B-](F)(F)F.F[B-](F)(F)F.[H-].[Li+]. The van der Waals surface area contributed by atoms with E-state index in [4.69, 9.17) is 5.11 Å². The molecule has 0 saturated carbocycles. The molecule has 0 atom stereocenters. The van der Waals surface area contributed by atoms with E-state index in [0.29, 0.717) is 0 Å². The van der Waals surface area contributed by atoms with Crippen LogP contribution in [0.25, 0.3) is 0 Å². The number of hydrogen-bond donors (Lipinski definition) is 1. The predicted octanol–water partition coefficient (Wildman–Crippen LogP) is 1.66. The molecule has 0 rings (SSSR count). The van der Waals surface area contributed by atoms with Crippen molar-refractivity contribution in [1.82, 2.24) is 0 Å². The van der Waals surface area contributed by atoms with Crippen LogP contribution in [-0.4, -0.2) is 32.8 Å². The summed E-state index contributed by atoms with van der Waals surface area (Å²) in [5, 5.41) is 7.89. The zero-order valence-electron chi connectivity index (χ0n) is 11.8. The smallest absolute Gasteiger partial charge is 1.00 e. The van der Waals surface area contributed by atoms with E-state index in [0.717, 1.165) is 0 Å². The van der Waals surface area contributed by atoms with E-state index in [1.165, 1.54) is 6.92 Å².